The highest BCUT2D eigenvalue weighted by Gasteiger charge is 2.41. The Kier molecular flexibility index (Phi) is 5.29. The molecule has 0 spiro atoms. The van der Waals surface area contributed by atoms with Gasteiger partial charge in [0.15, 0.2) is 5.82 Å². The Morgan fingerprint density at radius 3 is 2.66 bits per heavy atom. The van der Waals surface area contributed by atoms with Crippen molar-refractivity contribution in [2.75, 3.05) is 18.4 Å². The molecular weight excluding hydrogens is 375 g/mol. The molecule has 0 atom stereocenters. The number of hydrogen-bond donors (Lipinski definition) is 1. The molecule has 1 aliphatic rings. The Labute approximate surface area is 168 Å². The lowest BCUT2D eigenvalue weighted by Gasteiger charge is -2.48. The number of urea groups is 1. The van der Waals surface area contributed by atoms with E-state index in [0.29, 0.717) is 6.54 Å². The van der Waals surface area contributed by atoms with Crippen molar-refractivity contribution in [3.05, 3.63) is 41.8 Å². The Morgan fingerprint density at radius 2 is 2.07 bits per heavy atom. The molecule has 3 rings (SSSR count). The molecule has 152 valence electrons. The minimum absolute atomic E-state index is 0.0155. The molecule has 1 N–H and O–H groups in total. The predicted octanol–water partition coefficient (Wildman–Crippen LogP) is 2.75. The molecule has 1 aliphatic heterocycles. The summed E-state index contributed by atoms with van der Waals surface area (Å²) >= 11 is 0. The topological polar surface area (TPSA) is 94.3 Å². The third-order valence-electron chi connectivity index (χ3n) is 4.78. The number of piperazine rings is 1. The van der Waals surface area contributed by atoms with Gasteiger partial charge in [-0.1, -0.05) is 0 Å². The molecule has 29 heavy (non-hydrogen) atoms. The van der Waals surface area contributed by atoms with E-state index in [1.165, 1.54) is 34.0 Å². The normalized spacial score (nSPS) is 16.1. The van der Waals surface area contributed by atoms with Gasteiger partial charge in [-0.25, -0.2) is 13.9 Å². The number of benzene rings is 1. The molecule has 0 bridgehead atoms. The quantitative estimate of drug-likeness (QED) is 0.860. The number of rotatable bonds is 3. The molecule has 1 aromatic heterocycles. The number of carbonyl (C=O) groups excluding carboxylic acids is 2. The van der Waals surface area contributed by atoms with Gasteiger partial charge in [0.25, 0.3) is 0 Å². The Hall–Kier alpha value is -3.41. The molecule has 3 amide bonds. The van der Waals surface area contributed by atoms with Gasteiger partial charge < -0.3 is 9.80 Å². The number of halogens is 1. The third-order valence-corrected chi connectivity index (χ3v) is 4.78. The van der Waals surface area contributed by atoms with Crippen LogP contribution in [0.3, 0.4) is 0 Å². The largest absolute Gasteiger partial charge is 0.332 e. The molecular formula is C20H23FN6O2. The minimum atomic E-state index is -0.595. The zero-order chi connectivity index (χ0) is 21.3. The lowest BCUT2D eigenvalue weighted by atomic mass is 9.96. The maximum absolute atomic E-state index is 14.2. The second-order valence-corrected chi connectivity index (χ2v) is 7.88. The van der Waals surface area contributed by atoms with Gasteiger partial charge in [-0.05, 0) is 45.9 Å². The summed E-state index contributed by atoms with van der Waals surface area (Å²) in [5.41, 5.74) is -0.127. The highest BCUT2D eigenvalue weighted by molar-refractivity contribution is 5.92. The molecule has 0 radical (unpaired) electrons. The van der Waals surface area contributed by atoms with E-state index in [2.05, 4.69) is 10.4 Å². The Balaban J connectivity index is 1.73. The van der Waals surface area contributed by atoms with Crippen molar-refractivity contribution in [3.8, 4) is 11.8 Å². The lowest BCUT2D eigenvalue weighted by molar-refractivity contribution is -0.145. The molecule has 0 aliphatic carbocycles. The molecule has 1 saturated heterocycles. The summed E-state index contributed by atoms with van der Waals surface area (Å²) in [7, 11) is 0. The van der Waals surface area contributed by atoms with Crippen molar-refractivity contribution in [1.82, 2.24) is 19.6 Å². The number of anilines is 1. The number of hydrogen-bond acceptors (Lipinski definition) is 4. The van der Waals surface area contributed by atoms with Crippen LogP contribution in [0.25, 0.3) is 5.69 Å². The van der Waals surface area contributed by atoms with Gasteiger partial charge in [0.05, 0.1) is 17.2 Å². The fourth-order valence-corrected chi connectivity index (χ4v) is 3.78. The molecule has 9 heteroatoms. The van der Waals surface area contributed by atoms with Crippen molar-refractivity contribution < 1.29 is 14.0 Å². The smallest absolute Gasteiger partial charge is 0.323 e. The van der Waals surface area contributed by atoms with Crippen LogP contribution in [0.5, 0.6) is 0 Å². The number of nitriles is 1. The van der Waals surface area contributed by atoms with E-state index in [4.69, 9.17) is 5.26 Å². The summed E-state index contributed by atoms with van der Waals surface area (Å²) in [6, 6.07) is 7.06. The van der Waals surface area contributed by atoms with Crippen LogP contribution in [0.4, 0.5) is 15.0 Å². The third kappa shape index (κ3) is 4.06. The van der Waals surface area contributed by atoms with Crippen LogP contribution in [-0.4, -0.2) is 56.2 Å². The van der Waals surface area contributed by atoms with Crippen LogP contribution in [0.2, 0.25) is 0 Å². The van der Waals surface area contributed by atoms with Crippen molar-refractivity contribution in [2.45, 2.75) is 39.3 Å². The molecule has 2 aromatic rings. The standard InChI is InChI=1S/C20H23FN6O2/c1-13(2)27-18(28)11-25(12-20(27,3)4)19(29)23-17-7-8-26(24-17)16-6-5-14(10-22)9-15(16)21/h5-9,13H,11-12H2,1-4H3,(H,23,24,29). The predicted molar refractivity (Wildman–Crippen MR) is 105 cm³/mol. The summed E-state index contributed by atoms with van der Waals surface area (Å²) in [6.45, 7) is 8.11. The van der Waals surface area contributed by atoms with E-state index < -0.39 is 17.4 Å². The summed E-state index contributed by atoms with van der Waals surface area (Å²) in [6.07, 6.45) is 1.51. The van der Waals surface area contributed by atoms with Gasteiger partial charge in [0, 0.05) is 24.8 Å². The first-order valence-electron chi connectivity index (χ1n) is 9.26. The van der Waals surface area contributed by atoms with Gasteiger partial charge in [-0.2, -0.15) is 5.26 Å². The Bertz CT molecular complexity index is 991. The second-order valence-electron chi connectivity index (χ2n) is 7.88. The number of nitrogens with one attached hydrogen (secondary N) is 1. The van der Waals surface area contributed by atoms with Gasteiger partial charge in [0.2, 0.25) is 5.91 Å². The summed E-state index contributed by atoms with van der Waals surface area (Å²) in [5.74, 6) is -0.478. The van der Waals surface area contributed by atoms with Crippen LogP contribution >= 0.6 is 0 Å². The van der Waals surface area contributed by atoms with Crippen molar-refractivity contribution in [1.29, 1.82) is 5.26 Å². The first kappa shape index (κ1) is 20.3. The average molecular weight is 398 g/mol. The van der Waals surface area contributed by atoms with E-state index >= 15 is 0 Å². The second kappa shape index (κ2) is 7.54. The van der Waals surface area contributed by atoms with Crippen LogP contribution in [0.1, 0.15) is 33.3 Å². The van der Waals surface area contributed by atoms with E-state index in [0.717, 1.165) is 6.07 Å². The van der Waals surface area contributed by atoms with E-state index in [9.17, 15) is 14.0 Å². The van der Waals surface area contributed by atoms with Crippen LogP contribution in [0.15, 0.2) is 30.5 Å². The highest BCUT2D eigenvalue weighted by Crippen LogP contribution is 2.25. The van der Waals surface area contributed by atoms with E-state index in [-0.39, 0.29) is 35.6 Å². The summed E-state index contributed by atoms with van der Waals surface area (Å²) < 4.78 is 15.4. The molecule has 0 unspecified atom stereocenters. The highest BCUT2D eigenvalue weighted by atomic mass is 19.1. The van der Waals surface area contributed by atoms with Crippen molar-refractivity contribution in [2.24, 2.45) is 0 Å². The van der Waals surface area contributed by atoms with Crippen LogP contribution in [-0.2, 0) is 4.79 Å². The van der Waals surface area contributed by atoms with Gasteiger partial charge in [-0.3, -0.25) is 10.1 Å². The molecule has 2 heterocycles. The SMILES string of the molecule is CC(C)N1C(=O)CN(C(=O)Nc2ccn(-c3ccc(C#N)cc3F)n2)CC1(C)C. The maximum Gasteiger partial charge on any atom is 0.323 e. The average Bonchev–Trinajstić information content (AvgIpc) is 3.07. The van der Waals surface area contributed by atoms with Gasteiger partial charge in [-0.15, -0.1) is 5.10 Å². The number of carbonyl (C=O) groups is 2. The summed E-state index contributed by atoms with van der Waals surface area (Å²) in [5, 5.41) is 15.7. The molecule has 0 saturated carbocycles. The van der Waals surface area contributed by atoms with E-state index in [1.807, 2.05) is 33.8 Å². The Morgan fingerprint density at radius 1 is 1.34 bits per heavy atom. The zero-order valence-electron chi connectivity index (χ0n) is 16.8. The zero-order valence-corrected chi connectivity index (χ0v) is 16.8. The molecule has 1 aromatic carbocycles. The number of amides is 3. The summed E-state index contributed by atoms with van der Waals surface area (Å²) in [4.78, 5) is 28.4. The van der Waals surface area contributed by atoms with Crippen LogP contribution < -0.4 is 5.32 Å². The number of nitrogens with zero attached hydrogens (tertiary/aromatic N) is 5. The monoisotopic (exact) mass is 398 g/mol. The molecule has 8 nitrogen and oxygen atoms in total. The number of aromatic nitrogens is 2. The first-order chi connectivity index (χ1) is 13.6. The minimum Gasteiger partial charge on any atom is -0.332 e. The van der Waals surface area contributed by atoms with Gasteiger partial charge in [0.1, 0.15) is 18.0 Å². The maximum atomic E-state index is 14.2. The first-order valence-corrected chi connectivity index (χ1v) is 9.26. The molecule has 1 fully saturated rings. The fraction of sp³-hybridized carbons (Fsp3) is 0.400. The van der Waals surface area contributed by atoms with E-state index in [1.54, 1.807) is 4.90 Å². The van der Waals surface area contributed by atoms with Gasteiger partial charge >= 0.3 is 6.03 Å². The fourth-order valence-electron chi connectivity index (χ4n) is 3.78. The van der Waals surface area contributed by atoms with Crippen LogP contribution in [0, 0.1) is 17.1 Å². The van der Waals surface area contributed by atoms with Crippen molar-refractivity contribution in [3.63, 3.8) is 0 Å². The lowest BCUT2D eigenvalue weighted by Crippen LogP contribution is -2.65. The van der Waals surface area contributed by atoms with Crippen molar-refractivity contribution >= 4 is 17.8 Å².